The fraction of sp³-hybridized carbons (Fsp3) is 0.417. The highest BCUT2D eigenvalue weighted by atomic mass is 16.5. The van der Waals surface area contributed by atoms with Crippen LogP contribution in [0.2, 0.25) is 0 Å². The summed E-state index contributed by atoms with van der Waals surface area (Å²) >= 11 is 0. The minimum Gasteiger partial charge on any atom is -0.492 e. The summed E-state index contributed by atoms with van der Waals surface area (Å²) in [5, 5.41) is 4.06. The molecule has 0 amide bonds. The molecule has 7 heteroatoms. The molecule has 3 aromatic rings. The van der Waals surface area contributed by atoms with Crippen LogP contribution in [0.5, 0.6) is 5.75 Å². The average molecular weight is 416 g/mol. The number of aromatic amines is 1. The summed E-state index contributed by atoms with van der Waals surface area (Å²) in [6, 6.07) is 11.4. The molecule has 2 N–H and O–H groups in total. The fourth-order valence-electron chi connectivity index (χ4n) is 4.26. The van der Waals surface area contributed by atoms with Gasteiger partial charge in [0, 0.05) is 31.7 Å². The number of hydrogen-bond donors (Lipinski definition) is 2. The van der Waals surface area contributed by atoms with E-state index in [-0.39, 0.29) is 5.56 Å². The van der Waals surface area contributed by atoms with Gasteiger partial charge in [-0.3, -0.25) is 9.69 Å². The van der Waals surface area contributed by atoms with E-state index in [2.05, 4.69) is 57.4 Å². The van der Waals surface area contributed by atoms with Gasteiger partial charge in [0.2, 0.25) is 0 Å². The highest BCUT2D eigenvalue weighted by Gasteiger charge is 2.25. The minimum absolute atomic E-state index is 0.228. The fourth-order valence-corrected chi connectivity index (χ4v) is 4.26. The van der Waals surface area contributed by atoms with E-state index in [1.807, 2.05) is 13.8 Å². The molecule has 1 aliphatic heterocycles. The Hall–Kier alpha value is -2.64. The molecule has 1 aliphatic rings. The van der Waals surface area contributed by atoms with Gasteiger partial charge in [-0.05, 0) is 43.9 Å². The molecule has 1 saturated heterocycles. The van der Waals surface area contributed by atoms with E-state index in [0.717, 1.165) is 37.2 Å². The lowest BCUT2D eigenvalue weighted by molar-refractivity contribution is 0.122. The molecular weight excluding hydrogens is 387 g/mol. The van der Waals surface area contributed by atoms with Crippen LogP contribution >= 0.6 is 0 Å². The van der Waals surface area contributed by atoms with Gasteiger partial charge in [-0.1, -0.05) is 35.8 Å². The van der Waals surface area contributed by atoms with Crippen molar-refractivity contribution in [2.24, 2.45) is 0 Å². The Balaban J connectivity index is 1.45. The SMILES string of the molecule is [B]c1c(C)c(C)c(OCC[C@@H]2CN(Cc3ccccc3)[C@H](C)CN2)c2c(=O)[nH]cnc12. The zero-order valence-corrected chi connectivity index (χ0v) is 18.4. The predicted molar refractivity (Wildman–Crippen MR) is 125 cm³/mol. The number of piperazine rings is 1. The molecule has 1 fully saturated rings. The van der Waals surface area contributed by atoms with Crippen molar-refractivity contribution < 1.29 is 4.74 Å². The third-order valence-electron chi connectivity index (χ3n) is 6.36. The molecule has 2 heterocycles. The number of ether oxygens (including phenoxy) is 1. The van der Waals surface area contributed by atoms with Crippen LogP contribution in [0, 0.1) is 13.8 Å². The summed E-state index contributed by atoms with van der Waals surface area (Å²) in [6.45, 7) is 9.50. The first-order valence-electron chi connectivity index (χ1n) is 10.9. The summed E-state index contributed by atoms with van der Waals surface area (Å²) in [7, 11) is 6.21. The first-order chi connectivity index (χ1) is 15.0. The quantitative estimate of drug-likeness (QED) is 0.602. The molecule has 4 rings (SSSR count). The first kappa shape index (κ1) is 21.6. The number of aromatic nitrogens is 2. The summed E-state index contributed by atoms with van der Waals surface area (Å²) in [6.07, 6.45) is 2.23. The highest BCUT2D eigenvalue weighted by molar-refractivity contribution is 6.39. The smallest absolute Gasteiger partial charge is 0.262 e. The maximum atomic E-state index is 12.5. The molecule has 2 atom stereocenters. The molecule has 0 aliphatic carbocycles. The third kappa shape index (κ3) is 4.53. The molecule has 0 spiro atoms. The number of nitrogens with zero attached hydrogens (tertiary/aromatic N) is 2. The largest absolute Gasteiger partial charge is 0.492 e. The molecule has 0 unspecified atom stereocenters. The number of rotatable bonds is 6. The van der Waals surface area contributed by atoms with E-state index in [9.17, 15) is 4.79 Å². The van der Waals surface area contributed by atoms with Crippen molar-refractivity contribution in [3.05, 3.63) is 63.7 Å². The van der Waals surface area contributed by atoms with Gasteiger partial charge < -0.3 is 15.0 Å². The average Bonchev–Trinajstić information content (AvgIpc) is 2.77. The molecule has 0 bridgehead atoms. The van der Waals surface area contributed by atoms with Crippen molar-refractivity contribution in [2.75, 3.05) is 19.7 Å². The summed E-state index contributed by atoms with van der Waals surface area (Å²) < 4.78 is 6.18. The van der Waals surface area contributed by atoms with Crippen molar-refractivity contribution >= 4 is 24.2 Å². The highest BCUT2D eigenvalue weighted by Crippen LogP contribution is 2.27. The molecule has 6 nitrogen and oxygen atoms in total. The lowest BCUT2D eigenvalue weighted by Gasteiger charge is -2.39. The Morgan fingerprint density at radius 3 is 2.77 bits per heavy atom. The number of hydrogen-bond acceptors (Lipinski definition) is 5. The van der Waals surface area contributed by atoms with Crippen molar-refractivity contribution in [2.45, 2.75) is 45.8 Å². The number of nitrogens with one attached hydrogen (secondary N) is 2. The van der Waals surface area contributed by atoms with E-state index in [0.29, 0.717) is 40.8 Å². The summed E-state index contributed by atoms with van der Waals surface area (Å²) in [5.41, 5.74) is 3.93. The zero-order chi connectivity index (χ0) is 22.0. The number of H-pyrrole nitrogens is 1. The minimum atomic E-state index is -0.228. The van der Waals surface area contributed by atoms with Crippen LogP contribution in [-0.2, 0) is 6.54 Å². The van der Waals surface area contributed by atoms with Gasteiger partial charge in [0.25, 0.3) is 5.56 Å². The molecule has 160 valence electrons. The Bertz CT molecular complexity index is 1120. The maximum absolute atomic E-state index is 12.5. The number of fused-ring (bicyclic) bond motifs is 1. The lowest BCUT2D eigenvalue weighted by Crippen LogP contribution is -2.55. The van der Waals surface area contributed by atoms with Crippen LogP contribution in [0.1, 0.15) is 30.0 Å². The Kier molecular flexibility index (Phi) is 6.44. The van der Waals surface area contributed by atoms with E-state index < -0.39 is 0 Å². The van der Waals surface area contributed by atoms with Crippen LogP contribution in [-0.4, -0.2) is 54.5 Å². The Morgan fingerprint density at radius 2 is 2.00 bits per heavy atom. The molecule has 1 aromatic heterocycles. The standard InChI is InChI=1S/C24H29BN4O2/c1-15-11-26-19(13-29(15)12-18-7-5-4-6-8-18)9-10-31-23-17(3)16(2)21(25)22-20(23)24(30)28-14-27-22/h4-8,14-15,19,26H,9-13H2,1-3H3,(H,27,28,30)/t15-,19-/m1/s1. The van der Waals surface area contributed by atoms with Gasteiger partial charge >= 0.3 is 0 Å². The number of benzene rings is 2. The van der Waals surface area contributed by atoms with Gasteiger partial charge in [-0.25, -0.2) is 4.98 Å². The topological polar surface area (TPSA) is 70.2 Å². The summed E-state index contributed by atoms with van der Waals surface area (Å²) in [4.78, 5) is 21.9. The second-order valence-electron chi connectivity index (χ2n) is 8.45. The molecular formula is C24H29BN4O2. The first-order valence-corrected chi connectivity index (χ1v) is 10.9. The lowest BCUT2D eigenvalue weighted by atomic mass is 9.85. The summed E-state index contributed by atoms with van der Waals surface area (Å²) in [5.74, 6) is 0.585. The Labute approximate surface area is 184 Å². The zero-order valence-electron chi connectivity index (χ0n) is 18.4. The van der Waals surface area contributed by atoms with Crippen LogP contribution in [0.4, 0.5) is 0 Å². The van der Waals surface area contributed by atoms with Crippen molar-refractivity contribution in [3.63, 3.8) is 0 Å². The van der Waals surface area contributed by atoms with E-state index in [4.69, 9.17) is 12.6 Å². The predicted octanol–water partition coefficient (Wildman–Crippen LogP) is 1.97. The van der Waals surface area contributed by atoms with Crippen molar-refractivity contribution in [3.8, 4) is 5.75 Å². The van der Waals surface area contributed by atoms with Crippen LogP contribution in [0.3, 0.4) is 0 Å². The van der Waals surface area contributed by atoms with E-state index in [1.54, 1.807) is 0 Å². The van der Waals surface area contributed by atoms with Crippen molar-refractivity contribution in [1.82, 2.24) is 20.2 Å². The third-order valence-corrected chi connectivity index (χ3v) is 6.36. The van der Waals surface area contributed by atoms with Crippen LogP contribution in [0.25, 0.3) is 10.9 Å². The maximum Gasteiger partial charge on any atom is 0.262 e. The van der Waals surface area contributed by atoms with Gasteiger partial charge in [0.15, 0.2) is 0 Å². The van der Waals surface area contributed by atoms with Crippen LogP contribution < -0.4 is 21.1 Å². The Morgan fingerprint density at radius 1 is 1.23 bits per heavy atom. The monoisotopic (exact) mass is 416 g/mol. The molecule has 31 heavy (non-hydrogen) atoms. The van der Waals surface area contributed by atoms with Gasteiger partial charge in [-0.15, -0.1) is 0 Å². The van der Waals surface area contributed by atoms with Crippen molar-refractivity contribution in [1.29, 1.82) is 0 Å². The molecule has 2 aromatic carbocycles. The van der Waals surface area contributed by atoms with Gasteiger partial charge in [-0.2, -0.15) is 0 Å². The van der Waals surface area contributed by atoms with Gasteiger partial charge in [0.05, 0.1) is 18.5 Å². The molecule has 0 saturated carbocycles. The van der Waals surface area contributed by atoms with E-state index in [1.165, 1.54) is 11.9 Å². The van der Waals surface area contributed by atoms with Crippen LogP contribution in [0.15, 0.2) is 41.5 Å². The van der Waals surface area contributed by atoms with Gasteiger partial charge in [0.1, 0.15) is 19.0 Å². The molecule has 2 radical (unpaired) electrons. The normalized spacial score (nSPS) is 19.6. The second-order valence-corrected chi connectivity index (χ2v) is 8.45. The van der Waals surface area contributed by atoms with E-state index >= 15 is 0 Å². The second kappa shape index (κ2) is 9.24.